The Bertz CT molecular complexity index is 543. The molecule has 2 rings (SSSR count). The fourth-order valence-electron chi connectivity index (χ4n) is 2.83. The van der Waals surface area contributed by atoms with Gasteiger partial charge in [-0.15, -0.1) is 11.6 Å². The molecule has 1 N–H and O–H groups in total. The van der Waals surface area contributed by atoms with Gasteiger partial charge in [0.15, 0.2) is 0 Å². The van der Waals surface area contributed by atoms with Gasteiger partial charge in [-0.1, -0.05) is 13.8 Å². The third-order valence-electron chi connectivity index (χ3n) is 3.97. The van der Waals surface area contributed by atoms with Crippen molar-refractivity contribution in [2.75, 3.05) is 13.0 Å². The van der Waals surface area contributed by atoms with Crippen LogP contribution < -0.4 is 10.1 Å². The number of alkyl halides is 1. The molecular formula is C15H19ClINO2. The number of benzene rings is 1. The van der Waals surface area contributed by atoms with Crippen molar-refractivity contribution in [1.82, 2.24) is 5.32 Å². The highest BCUT2D eigenvalue weighted by Crippen LogP contribution is 2.44. The Morgan fingerprint density at radius 2 is 2.25 bits per heavy atom. The molecule has 0 spiro atoms. The first-order valence-electron chi connectivity index (χ1n) is 6.62. The Balaban J connectivity index is 2.45. The van der Waals surface area contributed by atoms with Crippen LogP contribution >= 0.6 is 34.2 Å². The molecule has 0 heterocycles. The van der Waals surface area contributed by atoms with Gasteiger partial charge in [0.05, 0.1) is 10.7 Å². The lowest BCUT2D eigenvalue weighted by Gasteiger charge is -2.22. The maximum atomic E-state index is 11.4. The van der Waals surface area contributed by atoms with Gasteiger partial charge >= 0.3 is 0 Å². The Kier molecular flexibility index (Phi) is 4.84. The van der Waals surface area contributed by atoms with E-state index < -0.39 is 0 Å². The van der Waals surface area contributed by atoms with E-state index in [2.05, 4.69) is 47.8 Å². The zero-order valence-electron chi connectivity index (χ0n) is 12.0. The lowest BCUT2D eigenvalue weighted by molar-refractivity contribution is -0.118. The fraction of sp³-hybridized carbons (Fsp3) is 0.533. The number of nitrogens with one attached hydrogen (secondary N) is 1. The number of rotatable bonds is 4. The highest BCUT2D eigenvalue weighted by molar-refractivity contribution is 14.1. The fourth-order valence-corrected chi connectivity index (χ4v) is 3.78. The zero-order chi connectivity index (χ0) is 14.9. The van der Waals surface area contributed by atoms with Gasteiger partial charge in [-0.2, -0.15) is 0 Å². The van der Waals surface area contributed by atoms with Crippen molar-refractivity contribution in [3.05, 3.63) is 26.3 Å². The molecule has 1 aromatic rings. The summed E-state index contributed by atoms with van der Waals surface area (Å²) in [6.07, 6.45) is 2.16. The van der Waals surface area contributed by atoms with Crippen molar-refractivity contribution in [3.63, 3.8) is 0 Å². The van der Waals surface area contributed by atoms with Crippen LogP contribution in [-0.4, -0.2) is 18.9 Å². The lowest BCUT2D eigenvalue weighted by Crippen LogP contribution is -2.25. The second-order valence-electron chi connectivity index (χ2n) is 5.69. The standard InChI is InChI=1S/C15H19ClINO2/c1-15(2)5-4-9-10(8-18-13(19)7-16)14(20-3)12(17)6-11(9)15/h6H,4-5,7-8H2,1-3H3,(H,18,19). The van der Waals surface area contributed by atoms with E-state index in [0.29, 0.717) is 6.54 Å². The molecule has 0 saturated carbocycles. The molecule has 1 aromatic carbocycles. The van der Waals surface area contributed by atoms with E-state index >= 15 is 0 Å². The number of hydrogen-bond donors (Lipinski definition) is 1. The van der Waals surface area contributed by atoms with E-state index in [1.54, 1.807) is 7.11 Å². The molecule has 3 nitrogen and oxygen atoms in total. The van der Waals surface area contributed by atoms with Gasteiger partial charge in [0.2, 0.25) is 5.91 Å². The maximum absolute atomic E-state index is 11.4. The third kappa shape index (κ3) is 2.91. The summed E-state index contributed by atoms with van der Waals surface area (Å²) in [6, 6.07) is 2.22. The van der Waals surface area contributed by atoms with Crippen LogP contribution in [0.25, 0.3) is 0 Å². The average molecular weight is 408 g/mol. The van der Waals surface area contributed by atoms with Crippen molar-refractivity contribution in [2.24, 2.45) is 0 Å². The summed E-state index contributed by atoms with van der Waals surface area (Å²) in [5.41, 5.74) is 3.98. The topological polar surface area (TPSA) is 38.3 Å². The number of carbonyl (C=O) groups excluding carboxylic acids is 1. The number of halogens is 2. The first-order valence-corrected chi connectivity index (χ1v) is 8.23. The molecule has 1 aliphatic rings. The second kappa shape index (κ2) is 6.10. The minimum absolute atomic E-state index is 0.0140. The monoisotopic (exact) mass is 407 g/mol. The summed E-state index contributed by atoms with van der Waals surface area (Å²) in [4.78, 5) is 11.4. The number of fused-ring (bicyclic) bond motifs is 1. The van der Waals surface area contributed by atoms with Crippen LogP contribution in [-0.2, 0) is 23.2 Å². The number of carbonyl (C=O) groups is 1. The van der Waals surface area contributed by atoms with E-state index in [1.165, 1.54) is 11.1 Å². The smallest absolute Gasteiger partial charge is 0.235 e. The van der Waals surface area contributed by atoms with Crippen molar-refractivity contribution >= 4 is 40.1 Å². The first-order chi connectivity index (χ1) is 9.40. The molecule has 1 aliphatic carbocycles. The summed E-state index contributed by atoms with van der Waals surface area (Å²) in [5.74, 6) is 0.704. The average Bonchev–Trinajstić information content (AvgIpc) is 2.71. The lowest BCUT2D eigenvalue weighted by atomic mass is 9.86. The molecular weight excluding hydrogens is 389 g/mol. The van der Waals surface area contributed by atoms with Gasteiger partial charge in [0.25, 0.3) is 0 Å². The molecule has 0 saturated heterocycles. The largest absolute Gasteiger partial charge is 0.495 e. The molecule has 0 unspecified atom stereocenters. The Morgan fingerprint density at radius 1 is 1.55 bits per heavy atom. The predicted octanol–water partition coefficient (Wildman–Crippen LogP) is 3.38. The van der Waals surface area contributed by atoms with Crippen molar-refractivity contribution in [2.45, 2.75) is 38.6 Å². The molecule has 0 radical (unpaired) electrons. The van der Waals surface area contributed by atoms with Gasteiger partial charge in [0.1, 0.15) is 11.6 Å². The Labute approximate surface area is 138 Å². The Hall–Kier alpha value is -0.490. The summed E-state index contributed by atoms with van der Waals surface area (Å²) < 4.78 is 6.64. The Morgan fingerprint density at radius 3 is 2.85 bits per heavy atom. The van der Waals surface area contributed by atoms with E-state index in [1.807, 2.05) is 0 Å². The third-order valence-corrected chi connectivity index (χ3v) is 5.01. The highest BCUT2D eigenvalue weighted by atomic mass is 127. The van der Waals surface area contributed by atoms with E-state index in [-0.39, 0.29) is 17.2 Å². The molecule has 20 heavy (non-hydrogen) atoms. The minimum atomic E-state index is -0.154. The molecule has 0 fully saturated rings. The van der Waals surface area contributed by atoms with Gasteiger partial charge in [-0.3, -0.25) is 4.79 Å². The molecule has 0 aliphatic heterocycles. The molecule has 0 aromatic heterocycles. The van der Waals surface area contributed by atoms with Gasteiger partial charge < -0.3 is 10.1 Å². The van der Waals surface area contributed by atoms with Gasteiger partial charge in [0, 0.05) is 12.1 Å². The van der Waals surface area contributed by atoms with E-state index in [0.717, 1.165) is 27.7 Å². The van der Waals surface area contributed by atoms with Crippen LogP contribution in [0.5, 0.6) is 5.75 Å². The zero-order valence-corrected chi connectivity index (χ0v) is 14.9. The van der Waals surface area contributed by atoms with E-state index in [4.69, 9.17) is 16.3 Å². The second-order valence-corrected chi connectivity index (χ2v) is 7.12. The van der Waals surface area contributed by atoms with Crippen LogP contribution in [0, 0.1) is 3.57 Å². The molecule has 1 amide bonds. The van der Waals surface area contributed by atoms with Crippen molar-refractivity contribution < 1.29 is 9.53 Å². The highest BCUT2D eigenvalue weighted by Gasteiger charge is 2.33. The summed E-state index contributed by atoms with van der Waals surface area (Å²) in [7, 11) is 1.68. The van der Waals surface area contributed by atoms with Gasteiger partial charge in [-0.05, 0) is 58.0 Å². The number of amides is 1. The molecule has 110 valence electrons. The normalized spacial score (nSPS) is 15.8. The quantitative estimate of drug-likeness (QED) is 0.614. The van der Waals surface area contributed by atoms with Crippen LogP contribution in [0.2, 0.25) is 0 Å². The van der Waals surface area contributed by atoms with Crippen LogP contribution in [0.4, 0.5) is 0 Å². The summed E-state index contributed by atoms with van der Waals surface area (Å²) >= 11 is 7.84. The number of methoxy groups -OCH3 is 1. The minimum Gasteiger partial charge on any atom is -0.495 e. The van der Waals surface area contributed by atoms with Crippen molar-refractivity contribution in [3.8, 4) is 5.75 Å². The van der Waals surface area contributed by atoms with Crippen LogP contribution in [0.3, 0.4) is 0 Å². The van der Waals surface area contributed by atoms with Gasteiger partial charge in [-0.25, -0.2) is 0 Å². The van der Waals surface area contributed by atoms with Crippen molar-refractivity contribution in [1.29, 1.82) is 0 Å². The summed E-state index contributed by atoms with van der Waals surface area (Å²) in [5, 5.41) is 2.85. The SMILES string of the molecule is COc1c(I)cc2c(c1CNC(=O)CCl)CCC2(C)C. The predicted molar refractivity (Wildman–Crippen MR) is 89.6 cm³/mol. The number of hydrogen-bond acceptors (Lipinski definition) is 2. The summed E-state index contributed by atoms with van der Waals surface area (Å²) in [6.45, 7) is 5.01. The van der Waals surface area contributed by atoms with Crippen LogP contribution in [0.1, 0.15) is 37.0 Å². The van der Waals surface area contributed by atoms with Crippen LogP contribution in [0.15, 0.2) is 6.07 Å². The number of ether oxygens (including phenoxy) is 1. The molecule has 5 heteroatoms. The van der Waals surface area contributed by atoms with E-state index in [9.17, 15) is 4.79 Å². The molecule has 0 bridgehead atoms. The first kappa shape index (κ1) is 15.9. The molecule has 0 atom stereocenters. The maximum Gasteiger partial charge on any atom is 0.235 e.